The molecule has 6 heteroatoms. The number of aliphatic hydroxyl groups is 2. The maximum absolute atomic E-state index is 9.83. The van der Waals surface area contributed by atoms with Gasteiger partial charge in [-0.3, -0.25) is 0 Å². The summed E-state index contributed by atoms with van der Waals surface area (Å²) in [5.74, 6) is 0.501. The van der Waals surface area contributed by atoms with Crippen LogP contribution in [0.15, 0.2) is 12.1 Å². The van der Waals surface area contributed by atoms with Crippen LogP contribution in [0.1, 0.15) is 18.1 Å². The van der Waals surface area contributed by atoms with Gasteiger partial charge in [0.2, 0.25) is 11.8 Å². The zero-order valence-corrected chi connectivity index (χ0v) is 9.62. The molecular weight excluding hydrogens is 224 g/mol. The first-order valence-corrected chi connectivity index (χ1v) is 4.96. The normalized spacial score (nSPS) is 13.6. The molecule has 0 bridgehead atoms. The molecule has 0 amide bonds. The van der Waals surface area contributed by atoms with Crippen molar-refractivity contribution in [3.05, 3.63) is 17.7 Å². The Kier molecular flexibility index (Phi) is 4.69. The van der Waals surface area contributed by atoms with Crippen molar-refractivity contribution in [2.24, 2.45) is 0 Å². The number of hydrogen-bond donors (Lipinski definition) is 2. The smallest absolute Gasteiger partial charge is 0.222 e. The molecule has 0 saturated heterocycles. The Labute approximate surface area is 99.0 Å². The van der Waals surface area contributed by atoms with E-state index in [-0.39, 0.29) is 12.3 Å². The minimum atomic E-state index is -1.22. The molecular formula is C11H14N2O4. The Balaban J connectivity index is 3.01. The van der Waals surface area contributed by atoms with Gasteiger partial charge in [0.1, 0.15) is 6.10 Å². The number of pyridine rings is 1. The summed E-state index contributed by atoms with van der Waals surface area (Å²) >= 11 is 0. The van der Waals surface area contributed by atoms with Crippen molar-refractivity contribution in [1.29, 1.82) is 5.26 Å². The molecule has 0 fully saturated rings. The Morgan fingerprint density at radius 3 is 2.59 bits per heavy atom. The fraction of sp³-hybridized carbons (Fsp3) is 0.455. The lowest BCUT2D eigenvalue weighted by Crippen LogP contribution is -2.18. The number of aliphatic hydroxyl groups excluding tert-OH is 2. The largest absolute Gasteiger partial charge is 0.481 e. The standard InChI is InChI=1S/C11H14N2O4/c1-16-9-4-3-7(11(13-9)17-2)10(15)8(14)5-6-12/h3-4,8,10,14-15H,5H2,1-2H3. The van der Waals surface area contributed by atoms with Crippen LogP contribution in [0.2, 0.25) is 0 Å². The first-order valence-electron chi connectivity index (χ1n) is 4.96. The van der Waals surface area contributed by atoms with Gasteiger partial charge >= 0.3 is 0 Å². The van der Waals surface area contributed by atoms with E-state index in [1.54, 1.807) is 12.1 Å². The van der Waals surface area contributed by atoms with Gasteiger partial charge in [0, 0.05) is 11.6 Å². The van der Waals surface area contributed by atoms with E-state index in [1.165, 1.54) is 20.3 Å². The minimum Gasteiger partial charge on any atom is -0.481 e. The summed E-state index contributed by atoms with van der Waals surface area (Å²) < 4.78 is 9.90. The number of hydrogen-bond acceptors (Lipinski definition) is 6. The zero-order chi connectivity index (χ0) is 12.8. The van der Waals surface area contributed by atoms with Gasteiger partial charge in [-0.2, -0.15) is 10.2 Å². The Bertz CT molecular complexity index is 416. The molecule has 2 unspecified atom stereocenters. The molecule has 6 nitrogen and oxygen atoms in total. The summed E-state index contributed by atoms with van der Waals surface area (Å²) in [5.41, 5.74) is 0.316. The Morgan fingerprint density at radius 1 is 1.35 bits per heavy atom. The van der Waals surface area contributed by atoms with E-state index in [2.05, 4.69) is 4.98 Å². The van der Waals surface area contributed by atoms with E-state index in [4.69, 9.17) is 14.7 Å². The third-order valence-corrected chi connectivity index (χ3v) is 2.25. The highest BCUT2D eigenvalue weighted by Gasteiger charge is 2.22. The Morgan fingerprint density at radius 2 is 2.06 bits per heavy atom. The summed E-state index contributed by atoms with van der Waals surface area (Å²) in [7, 11) is 2.86. The van der Waals surface area contributed by atoms with Gasteiger partial charge in [0.05, 0.1) is 32.8 Å². The number of ether oxygens (including phenoxy) is 2. The van der Waals surface area contributed by atoms with Gasteiger partial charge in [-0.15, -0.1) is 0 Å². The van der Waals surface area contributed by atoms with E-state index < -0.39 is 12.2 Å². The van der Waals surface area contributed by atoms with Crippen LogP contribution in [-0.2, 0) is 0 Å². The second-order valence-electron chi connectivity index (χ2n) is 3.33. The SMILES string of the molecule is COc1ccc(C(O)C(O)CC#N)c(OC)n1. The van der Waals surface area contributed by atoms with Gasteiger partial charge in [0.25, 0.3) is 0 Å². The fourth-order valence-electron chi connectivity index (χ4n) is 1.35. The van der Waals surface area contributed by atoms with Crippen molar-refractivity contribution in [3.8, 4) is 17.8 Å². The van der Waals surface area contributed by atoms with Gasteiger partial charge < -0.3 is 19.7 Å². The third-order valence-electron chi connectivity index (χ3n) is 2.25. The number of aromatic nitrogens is 1. The topological polar surface area (TPSA) is 95.6 Å². The van der Waals surface area contributed by atoms with Crippen LogP contribution < -0.4 is 9.47 Å². The summed E-state index contributed by atoms with van der Waals surface area (Å²) in [6.07, 6.45) is -2.57. The first kappa shape index (κ1) is 13.2. The highest BCUT2D eigenvalue weighted by atomic mass is 16.5. The molecule has 0 aliphatic heterocycles. The summed E-state index contributed by atoms with van der Waals surface area (Å²) in [5, 5.41) is 27.8. The van der Waals surface area contributed by atoms with Gasteiger partial charge in [0.15, 0.2) is 0 Å². The first-order chi connectivity index (χ1) is 8.13. The maximum Gasteiger partial charge on any atom is 0.222 e. The molecule has 1 rings (SSSR count). The number of nitriles is 1. The van der Waals surface area contributed by atoms with Crippen molar-refractivity contribution in [2.75, 3.05) is 14.2 Å². The molecule has 1 aromatic rings. The van der Waals surface area contributed by atoms with Crippen LogP contribution in [0, 0.1) is 11.3 Å². The summed E-state index contributed by atoms with van der Waals surface area (Å²) in [6, 6.07) is 4.86. The van der Waals surface area contributed by atoms with Gasteiger partial charge in [-0.25, -0.2) is 0 Å². The van der Waals surface area contributed by atoms with Crippen LogP contribution >= 0.6 is 0 Å². The molecule has 0 aromatic carbocycles. The van der Waals surface area contributed by atoms with Gasteiger partial charge in [-0.1, -0.05) is 0 Å². The van der Waals surface area contributed by atoms with Crippen LogP contribution in [-0.4, -0.2) is 35.5 Å². The average Bonchev–Trinajstić information content (AvgIpc) is 2.37. The highest BCUT2D eigenvalue weighted by Crippen LogP contribution is 2.28. The highest BCUT2D eigenvalue weighted by molar-refractivity contribution is 5.33. The molecule has 1 aromatic heterocycles. The number of rotatable bonds is 5. The van der Waals surface area contributed by atoms with Crippen LogP contribution in [0.25, 0.3) is 0 Å². The molecule has 2 N–H and O–H groups in total. The van der Waals surface area contributed by atoms with Crippen molar-refractivity contribution in [3.63, 3.8) is 0 Å². The fourth-order valence-corrected chi connectivity index (χ4v) is 1.35. The Hall–Kier alpha value is -1.84. The molecule has 0 saturated carbocycles. The van der Waals surface area contributed by atoms with E-state index in [1.807, 2.05) is 0 Å². The molecule has 0 aliphatic carbocycles. The molecule has 0 aliphatic rings. The van der Waals surface area contributed by atoms with Crippen LogP contribution in [0.3, 0.4) is 0 Å². The molecule has 1 heterocycles. The molecule has 92 valence electrons. The lowest BCUT2D eigenvalue weighted by atomic mass is 10.0. The monoisotopic (exact) mass is 238 g/mol. The van der Waals surface area contributed by atoms with Crippen molar-refractivity contribution < 1.29 is 19.7 Å². The summed E-state index contributed by atoms with van der Waals surface area (Å²) in [6.45, 7) is 0. The lowest BCUT2D eigenvalue weighted by Gasteiger charge is -2.17. The van der Waals surface area contributed by atoms with Crippen LogP contribution in [0.5, 0.6) is 11.8 Å². The quantitative estimate of drug-likeness (QED) is 0.771. The second kappa shape index (κ2) is 6.03. The zero-order valence-electron chi connectivity index (χ0n) is 9.62. The van der Waals surface area contributed by atoms with E-state index in [9.17, 15) is 10.2 Å². The summed E-state index contributed by atoms with van der Waals surface area (Å²) in [4.78, 5) is 3.97. The maximum atomic E-state index is 9.83. The van der Waals surface area contributed by atoms with Crippen molar-refractivity contribution >= 4 is 0 Å². The van der Waals surface area contributed by atoms with Crippen molar-refractivity contribution in [1.82, 2.24) is 4.98 Å². The third kappa shape index (κ3) is 3.06. The number of nitrogens with zero attached hydrogens (tertiary/aromatic N) is 2. The van der Waals surface area contributed by atoms with E-state index >= 15 is 0 Å². The average molecular weight is 238 g/mol. The molecule has 2 atom stereocenters. The van der Waals surface area contributed by atoms with E-state index in [0.29, 0.717) is 11.4 Å². The van der Waals surface area contributed by atoms with Crippen LogP contribution in [0.4, 0.5) is 0 Å². The number of methoxy groups -OCH3 is 2. The van der Waals surface area contributed by atoms with Crippen molar-refractivity contribution in [2.45, 2.75) is 18.6 Å². The molecule has 0 spiro atoms. The van der Waals surface area contributed by atoms with Gasteiger partial charge in [-0.05, 0) is 6.07 Å². The minimum absolute atomic E-state index is 0.161. The molecule has 0 radical (unpaired) electrons. The lowest BCUT2D eigenvalue weighted by molar-refractivity contribution is 0.0198. The molecule has 17 heavy (non-hydrogen) atoms. The van der Waals surface area contributed by atoms with E-state index in [0.717, 1.165) is 0 Å². The predicted octanol–water partition coefficient (Wildman–Crippen LogP) is 0.407. The predicted molar refractivity (Wildman–Crippen MR) is 58.5 cm³/mol. The second-order valence-corrected chi connectivity index (χ2v) is 3.33.